The molecule has 0 bridgehead atoms. The Labute approximate surface area is 162 Å². The summed E-state index contributed by atoms with van der Waals surface area (Å²) in [5.74, 6) is 0.733. The number of aromatic amines is 1. The smallest absolute Gasteiger partial charge is 0.201 e. The number of hydrogen-bond donors (Lipinski definition) is 4. The van der Waals surface area contributed by atoms with Gasteiger partial charge in [0, 0.05) is 15.0 Å². The summed E-state index contributed by atoms with van der Waals surface area (Å²) in [7, 11) is 0. The third-order valence-electron chi connectivity index (χ3n) is 3.32. The maximum Gasteiger partial charge on any atom is 0.201 e. The maximum atomic E-state index is 5.69. The van der Waals surface area contributed by atoms with Crippen LogP contribution in [0.2, 0.25) is 0 Å². The quantitative estimate of drug-likeness (QED) is 0.296. The molecule has 2 aromatic rings. The van der Waals surface area contributed by atoms with E-state index in [0.717, 1.165) is 54.1 Å². The summed E-state index contributed by atoms with van der Waals surface area (Å²) in [6.45, 7) is 1.31. The molecule has 122 valence electrons. The molecule has 0 spiro atoms. The molecule has 6 N–H and O–H groups in total. The Balaban J connectivity index is 2.32. The van der Waals surface area contributed by atoms with Gasteiger partial charge in [-0.25, -0.2) is 4.98 Å². The number of nitrogens with one attached hydrogen (secondary N) is 2. The van der Waals surface area contributed by atoms with Gasteiger partial charge in [0.05, 0.1) is 14.5 Å². The van der Waals surface area contributed by atoms with Crippen LogP contribution in [0.25, 0.3) is 11.0 Å². The van der Waals surface area contributed by atoms with Crippen LogP contribution in [-0.4, -0.2) is 29.1 Å². The second-order valence-corrected chi connectivity index (χ2v) is 8.09. The lowest BCUT2D eigenvalue weighted by molar-refractivity contribution is 0.584. The summed E-state index contributed by atoms with van der Waals surface area (Å²) in [5.41, 5.74) is 13.1. The van der Waals surface area contributed by atoms with Crippen molar-refractivity contribution in [1.82, 2.24) is 9.97 Å². The number of benzene rings is 1. The number of anilines is 1. The molecule has 1 atom stereocenters. The van der Waals surface area contributed by atoms with Crippen LogP contribution in [0.5, 0.6) is 0 Å². The lowest BCUT2D eigenvalue weighted by Crippen LogP contribution is -2.24. The van der Waals surface area contributed by atoms with Crippen molar-refractivity contribution in [2.24, 2.45) is 11.5 Å². The van der Waals surface area contributed by atoms with Gasteiger partial charge in [0.1, 0.15) is 5.52 Å². The average molecular weight is 563 g/mol. The van der Waals surface area contributed by atoms with Gasteiger partial charge in [0.25, 0.3) is 0 Å². The van der Waals surface area contributed by atoms with E-state index in [4.69, 9.17) is 11.5 Å². The molecule has 0 aliphatic carbocycles. The molecule has 22 heavy (non-hydrogen) atoms. The number of aromatic nitrogens is 2. The summed E-state index contributed by atoms with van der Waals surface area (Å²) >= 11 is 14.2. The Morgan fingerprint density at radius 1 is 0.955 bits per heavy atom. The molecular weight excluding hydrogens is 546 g/mol. The van der Waals surface area contributed by atoms with Crippen molar-refractivity contribution in [1.29, 1.82) is 0 Å². The first-order valence-electron chi connectivity index (χ1n) is 6.87. The first-order valence-corrected chi connectivity index (χ1v) is 10.0. The molecule has 5 nitrogen and oxygen atoms in total. The summed E-state index contributed by atoms with van der Waals surface area (Å²) in [4.78, 5) is 7.95. The molecule has 0 aliphatic rings. The van der Waals surface area contributed by atoms with E-state index in [-0.39, 0.29) is 6.04 Å². The lowest BCUT2D eigenvalue weighted by Gasteiger charge is -2.16. The van der Waals surface area contributed by atoms with Gasteiger partial charge in [-0.1, -0.05) is 0 Å². The van der Waals surface area contributed by atoms with Gasteiger partial charge in [0.15, 0.2) is 0 Å². The molecule has 0 saturated carbocycles. The number of rotatable bonds is 7. The minimum atomic E-state index is 0.263. The van der Waals surface area contributed by atoms with Crippen LogP contribution >= 0.6 is 63.7 Å². The number of hydrogen-bond acceptors (Lipinski definition) is 4. The number of H-pyrrole nitrogens is 1. The third kappa shape index (κ3) is 4.05. The summed E-state index contributed by atoms with van der Waals surface area (Å²) in [5, 5.41) is 3.42. The van der Waals surface area contributed by atoms with Crippen molar-refractivity contribution >= 4 is 80.7 Å². The van der Waals surface area contributed by atoms with Crippen LogP contribution in [0.1, 0.15) is 19.3 Å². The minimum Gasteiger partial charge on any atom is -0.353 e. The van der Waals surface area contributed by atoms with Crippen molar-refractivity contribution in [2.45, 2.75) is 25.3 Å². The molecule has 0 amide bonds. The highest BCUT2D eigenvalue weighted by atomic mass is 79.9. The highest BCUT2D eigenvalue weighted by Crippen LogP contribution is 2.42. The van der Waals surface area contributed by atoms with E-state index < -0.39 is 0 Å². The Hall–Kier alpha value is 0.330. The van der Waals surface area contributed by atoms with Gasteiger partial charge in [-0.3, -0.25) is 0 Å². The van der Waals surface area contributed by atoms with E-state index in [0.29, 0.717) is 13.1 Å². The molecule has 0 aliphatic heterocycles. The van der Waals surface area contributed by atoms with Crippen molar-refractivity contribution in [3.8, 4) is 0 Å². The second kappa shape index (κ2) is 8.43. The van der Waals surface area contributed by atoms with E-state index in [2.05, 4.69) is 79.0 Å². The van der Waals surface area contributed by atoms with Gasteiger partial charge < -0.3 is 21.8 Å². The number of nitrogens with two attached hydrogens (primary N) is 2. The Bertz CT molecular complexity index is 613. The average Bonchev–Trinajstić information content (AvgIpc) is 2.92. The summed E-state index contributed by atoms with van der Waals surface area (Å²) < 4.78 is 3.69. The largest absolute Gasteiger partial charge is 0.353 e. The van der Waals surface area contributed by atoms with Crippen molar-refractivity contribution in [3.05, 3.63) is 17.9 Å². The molecule has 0 saturated heterocycles. The highest BCUT2D eigenvalue weighted by molar-refractivity contribution is 9.15. The van der Waals surface area contributed by atoms with Crippen LogP contribution in [-0.2, 0) is 0 Å². The van der Waals surface area contributed by atoms with Gasteiger partial charge in [-0.05, 0) is 96.1 Å². The van der Waals surface area contributed by atoms with Gasteiger partial charge in [0.2, 0.25) is 5.95 Å². The SMILES string of the molecule is NCCCC(CCN)Nc1nc2c(Br)c(Br)c(Br)c(Br)c2[nH]1. The number of nitrogens with zero attached hydrogens (tertiary/aromatic N) is 1. The summed E-state index contributed by atoms with van der Waals surface area (Å²) in [6.07, 6.45) is 2.82. The lowest BCUT2D eigenvalue weighted by atomic mass is 10.1. The molecule has 1 aromatic carbocycles. The molecule has 9 heteroatoms. The Morgan fingerprint density at radius 3 is 2.27 bits per heavy atom. The zero-order chi connectivity index (χ0) is 16.3. The topological polar surface area (TPSA) is 92.8 Å². The third-order valence-corrected chi connectivity index (χ3v) is 8.07. The van der Waals surface area contributed by atoms with Crippen LogP contribution in [0.4, 0.5) is 5.95 Å². The van der Waals surface area contributed by atoms with Crippen LogP contribution in [0.15, 0.2) is 17.9 Å². The molecule has 1 unspecified atom stereocenters. The zero-order valence-corrected chi connectivity index (χ0v) is 18.1. The molecule has 1 heterocycles. The molecule has 1 aromatic heterocycles. The van der Waals surface area contributed by atoms with E-state index in [1.807, 2.05) is 0 Å². The van der Waals surface area contributed by atoms with Crippen LogP contribution < -0.4 is 16.8 Å². The first kappa shape index (κ1) is 18.7. The fourth-order valence-electron chi connectivity index (χ4n) is 2.21. The normalized spacial score (nSPS) is 12.8. The summed E-state index contributed by atoms with van der Waals surface area (Å²) in [6, 6.07) is 0.263. The van der Waals surface area contributed by atoms with Crippen molar-refractivity contribution in [3.63, 3.8) is 0 Å². The van der Waals surface area contributed by atoms with Crippen LogP contribution in [0, 0.1) is 0 Å². The van der Waals surface area contributed by atoms with E-state index in [1.54, 1.807) is 0 Å². The van der Waals surface area contributed by atoms with E-state index in [1.165, 1.54) is 0 Å². The minimum absolute atomic E-state index is 0.263. The monoisotopic (exact) mass is 559 g/mol. The van der Waals surface area contributed by atoms with Crippen molar-refractivity contribution in [2.75, 3.05) is 18.4 Å². The number of imidazole rings is 1. The number of fused-ring (bicyclic) bond motifs is 1. The van der Waals surface area contributed by atoms with Gasteiger partial charge in [-0.15, -0.1) is 0 Å². The predicted octanol–water partition coefficient (Wildman–Crippen LogP) is 4.48. The highest BCUT2D eigenvalue weighted by Gasteiger charge is 2.18. The fraction of sp³-hybridized carbons (Fsp3) is 0.462. The standard InChI is InChI=1S/C13H17Br4N5/c14-7-8(15)10(17)12-11(9(7)16)21-13(22-12)20-6(3-5-19)2-1-4-18/h6H,1-5,18-19H2,(H2,20,21,22). The maximum absolute atomic E-state index is 5.69. The number of halogens is 4. The molecular formula is C13H17Br4N5. The Morgan fingerprint density at radius 2 is 1.64 bits per heavy atom. The fourth-order valence-corrected chi connectivity index (χ4v) is 4.50. The second-order valence-electron chi connectivity index (χ2n) is 4.91. The van der Waals surface area contributed by atoms with Gasteiger partial charge >= 0.3 is 0 Å². The van der Waals surface area contributed by atoms with E-state index >= 15 is 0 Å². The Kier molecular flexibility index (Phi) is 7.16. The zero-order valence-electron chi connectivity index (χ0n) is 11.7. The molecule has 2 rings (SSSR count). The van der Waals surface area contributed by atoms with Crippen molar-refractivity contribution < 1.29 is 0 Å². The van der Waals surface area contributed by atoms with Gasteiger partial charge in [-0.2, -0.15) is 0 Å². The predicted molar refractivity (Wildman–Crippen MR) is 106 cm³/mol. The van der Waals surface area contributed by atoms with Crippen LogP contribution in [0.3, 0.4) is 0 Å². The van der Waals surface area contributed by atoms with E-state index in [9.17, 15) is 0 Å². The molecule has 0 fully saturated rings. The first-order chi connectivity index (χ1) is 10.5. The molecule has 0 radical (unpaired) electrons.